The summed E-state index contributed by atoms with van der Waals surface area (Å²) < 4.78 is 40.2. The molecule has 1 fully saturated rings. The molecule has 1 atom stereocenters. The maximum atomic E-state index is 13.2. The van der Waals surface area contributed by atoms with Gasteiger partial charge in [0.05, 0.1) is 9.92 Å². The largest absolute Gasteiger partial charge is 0.322 e. The number of hydrogen-bond acceptors (Lipinski definition) is 4. The fraction of sp³-hybridized carbons (Fsp3) is 0.125. The van der Waals surface area contributed by atoms with E-state index in [0.717, 1.165) is 18.2 Å². The van der Waals surface area contributed by atoms with E-state index in [-0.39, 0.29) is 15.6 Å². The quantitative estimate of drug-likeness (QED) is 0.688. The Balaban J connectivity index is 1.84. The van der Waals surface area contributed by atoms with Crippen molar-refractivity contribution in [3.05, 3.63) is 58.9 Å². The van der Waals surface area contributed by atoms with Crippen molar-refractivity contribution in [2.75, 3.05) is 4.72 Å². The van der Waals surface area contributed by atoms with Crippen LogP contribution in [0.3, 0.4) is 0 Å². The van der Waals surface area contributed by atoms with E-state index in [1.54, 1.807) is 0 Å². The third-order valence-electron chi connectivity index (χ3n) is 3.96. The first-order valence-corrected chi connectivity index (χ1v) is 9.20. The number of urea groups is 1. The van der Waals surface area contributed by atoms with Crippen LogP contribution in [0.2, 0.25) is 5.02 Å². The van der Waals surface area contributed by atoms with Crippen molar-refractivity contribution in [1.82, 2.24) is 10.6 Å². The number of nitrogens with one attached hydrogen (secondary N) is 3. The van der Waals surface area contributed by atoms with Crippen LogP contribution >= 0.6 is 11.6 Å². The Kier molecular flexibility index (Phi) is 4.37. The van der Waals surface area contributed by atoms with Gasteiger partial charge in [0.25, 0.3) is 15.9 Å². The third-order valence-corrected chi connectivity index (χ3v) is 5.63. The van der Waals surface area contributed by atoms with Crippen LogP contribution in [0.4, 0.5) is 14.9 Å². The van der Waals surface area contributed by atoms with Crippen molar-refractivity contribution in [3.8, 4) is 0 Å². The lowest BCUT2D eigenvalue weighted by Gasteiger charge is -2.21. The molecule has 1 heterocycles. The average Bonchev–Trinajstić information content (AvgIpc) is 2.83. The molecule has 0 unspecified atom stereocenters. The lowest BCUT2D eigenvalue weighted by molar-refractivity contribution is -0.123. The molecule has 2 aromatic carbocycles. The van der Waals surface area contributed by atoms with Gasteiger partial charge in [0.1, 0.15) is 11.4 Å². The minimum atomic E-state index is -3.97. The van der Waals surface area contributed by atoms with Gasteiger partial charge in [0.15, 0.2) is 0 Å². The monoisotopic (exact) mass is 397 g/mol. The van der Waals surface area contributed by atoms with E-state index in [2.05, 4.69) is 15.4 Å². The standard InChI is InChI=1S/C16H13ClFN3O4S/c1-16(14(22)19-15(23)20-16)9-2-4-10(5-3-9)21-26(24,25)11-6-7-13(18)12(17)8-11/h2-8,21H,1H3,(H2,19,20,22,23)/t16-/m0/s1. The zero-order chi connectivity index (χ0) is 19.1. The maximum absolute atomic E-state index is 13.2. The highest BCUT2D eigenvalue weighted by atomic mass is 35.5. The van der Waals surface area contributed by atoms with Gasteiger partial charge < -0.3 is 5.32 Å². The van der Waals surface area contributed by atoms with E-state index < -0.39 is 33.3 Å². The van der Waals surface area contributed by atoms with Gasteiger partial charge in [-0.25, -0.2) is 17.6 Å². The number of rotatable bonds is 4. The summed E-state index contributed by atoms with van der Waals surface area (Å²) in [6, 6.07) is 8.38. The average molecular weight is 398 g/mol. The molecular weight excluding hydrogens is 385 g/mol. The normalized spacial score (nSPS) is 19.8. The second-order valence-electron chi connectivity index (χ2n) is 5.79. The molecular formula is C16H13ClFN3O4S. The van der Waals surface area contributed by atoms with Crippen LogP contribution in [0.5, 0.6) is 0 Å². The Morgan fingerprint density at radius 2 is 1.77 bits per heavy atom. The van der Waals surface area contributed by atoms with Gasteiger partial charge >= 0.3 is 6.03 Å². The Labute approximate surface area is 153 Å². The highest BCUT2D eigenvalue weighted by Gasteiger charge is 2.43. The van der Waals surface area contributed by atoms with Crippen molar-refractivity contribution >= 4 is 39.2 Å². The van der Waals surface area contributed by atoms with Crippen LogP contribution in [0.15, 0.2) is 47.4 Å². The molecule has 1 saturated heterocycles. The molecule has 0 spiro atoms. The minimum Gasteiger partial charge on any atom is -0.320 e. The number of sulfonamides is 1. The summed E-state index contributed by atoms with van der Waals surface area (Å²) in [5.41, 5.74) is -0.532. The Morgan fingerprint density at radius 3 is 2.31 bits per heavy atom. The number of amides is 3. The molecule has 136 valence electrons. The fourth-order valence-electron chi connectivity index (χ4n) is 2.48. The molecule has 2 aromatic rings. The van der Waals surface area contributed by atoms with E-state index >= 15 is 0 Å². The van der Waals surface area contributed by atoms with E-state index in [1.807, 2.05) is 0 Å². The topological polar surface area (TPSA) is 104 Å². The molecule has 3 amide bonds. The number of carbonyl (C=O) groups is 2. The van der Waals surface area contributed by atoms with Gasteiger partial charge in [0.2, 0.25) is 0 Å². The number of halogens is 2. The number of imide groups is 1. The number of anilines is 1. The van der Waals surface area contributed by atoms with Crippen molar-refractivity contribution in [2.45, 2.75) is 17.4 Å². The lowest BCUT2D eigenvalue weighted by atomic mass is 9.92. The molecule has 0 bridgehead atoms. The van der Waals surface area contributed by atoms with E-state index in [4.69, 9.17) is 11.6 Å². The van der Waals surface area contributed by atoms with Crippen LogP contribution in [0, 0.1) is 5.82 Å². The molecule has 0 radical (unpaired) electrons. The zero-order valence-corrected chi connectivity index (χ0v) is 14.9. The third kappa shape index (κ3) is 3.23. The second kappa shape index (κ2) is 6.26. The number of hydrogen-bond donors (Lipinski definition) is 3. The molecule has 3 rings (SSSR count). The molecule has 7 nitrogen and oxygen atoms in total. The molecule has 26 heavy (non-hydrogen) atoms. The van der Waals surface area contributed by atoms with Gasteiger partial charge in [-0.3, -0.25) is 14.8 Å². The first-order chi connectivity index (χ1) is 12.1. The van der Waals surface area contributed by atoms with Crippen LogP contribution in [-0.4, -0.2) is 20.4 Å². The minimum absolute atomic E-state index is 0.192. The van der Waals surface area contributed by atoms with E-state index in [9.17, 15) is 22.4 Å². The van der Waals surface area contributed by atoms with Crippen LogP contribution < -0.4 is 15.4 Å². The van der Waals surface area contributed by atoms with Crippen molar-refractivity contribution in [2.24, 2.45) is 0 Å². The summed E-state index contributed by atoms with van der Waals surface area (Å²) in [7, 11) is -3.97. The van der Waals surface area contributed by atoms with Crippen molar-refractivity contribution < 1.29 is 22.4 Å². The summed E-state index contributed by atoms with van der Waals surface area (Å²) in [6.45, 7) is 1.53. The summed E-state index contributed by atoms with van der Waals surface area (Å²) in [6.07, 6.45) is 0. The van der Waals surface area contributed by atoms with Crippen LogP contribution in [0.1, 0.15) is 12.5 Å². The van der Waals surface area contributed by atoms with Gasteiger partial charge in [-0.05, 0) is 42.8 Å². The lowest BCUT2D eigenvalue weighted by Crippen LogP contribution is -2.40. The Morgan fingerprint density at radius 1 is 1.12 bits per heavy atom. The molecule has 1 aliphatic rings. The van der Waals surface area contributed by atoms with Crippen LogP contribution in [0.25, 0.3) is 0 Å². The fourth-order valence-corrected chi connectivity index (χ4v) is 3.81. The Bertz CT molecular complexity index is 1010. The van der Waals surface area contributed by atoms with Gasteiger partial charge in [-0.1, -0.05) is 23.7 Å². The number of benzene rings is 2. The van der Waals surface area contributed by atoms with Crippen LogP contribution in [-0.2, 0) is 20.4 Å². The number of carbonyl (C=O) groups excluding carboxylic acids is 2. The molecule has 3 N–H and O–H groups in total. The molecule has 0 saturated carbocycles. The van der Waals surface area contributed by atoms with E-state index in [0.29, 0.717) is 5.56 Å². The zero-order valence-electron chi connectivity index (χ0n) is 13.3. The van der Waals surface area contributed by atoms with E-state index in [1.165, 1.54) is 31.2 Å². The molecule has 0 aromatic heterocycles. The second-order valence-corrected chi connectivity index (χ2v) is 7.88. The van der Waals surface area contributed by atoms with Crippen molar-refractivity contribution in [1.29, 1.82) is 0 Å². The van der Waals surface area contributed by atoms with Crippen molar-refractivity contribution in [3.63, 3.8) is 0 Å². The smallest absolute Gasteiger partial charge is 0.320 e. The van der Waals surface area contributed by atoms with Gasteiger partial charge in [0, 0.05) is 5.69 Å². The molecule has 0 aliphatic carbocycles. The SMILES string of the molecule is C[C@@]1(c2ccc(NS(=O)(=O)c3ccc(F)c(Cl)c3)cc2)NC(=O)NC1=O. The summed E-state index contributed by atoms with van der Waals surface area (Å²) in [5.74, 6) is -1.23. The van der Waals surface area contributed by atoms with Gasteiger partial charge in [-0.15, -0.1) is 0 Å². The summed E-state index contributed by atoms with van der Waals surface area (Å²) in [4.78, 5) is 23.1. The van der Waals surface area contributed by atoms with Gasteiger partial charge in [-0.2, -0.15) is 0 Å². The summed E-state index contributed by atoms with van der Waals surface area (Å²) in [5, 5.41) is 4.35. The first kappa shape index (κ1) is 18.2. The molecule has 1 aliphatic heterocycles. The Hall–Kier alpha value is -2.65. The highest BCUT2D eigenvalue weighted by molar-refractivity contribution is 7.92. The predicted octanol–water partition coefficient (Wildman–Crippen LogP) is 2.33. The maximum Gasteiger partial charge on any atom is 0.322 e. The predicted molar refractivity (Wildman–Crippen MR) is 92.7 cm³/mol. The molecule has 10 heteroatoms. The highest BCUT2D eigenvalue weighted by Crippen LogP contribution is 2.27. The summed E-state index contributed by atoms with van der Waals surface area (Å²) >= 11 is 5.62. The first-order valence-electron chi connectivity index (χ1n) is 7.34.